The maximum Gasteiger partial charge on any atom is 0.267 e. The summed E-state index contributed by atoms with van der Waals surface area (Å²) in [5, 5.41) is 0.675. The molecule has 2 saturated heterocycles. The molecule has 8 nitrogen and oxygen atoms in total. The monoisotopic (exact) mass is 384 g/mol. The first-order valence-electron chi connectivity index (χ1n) is 8.41. The van der Waals surface area contributed by atoms with Gasteiger partial charge in [-0.05, 0) is 6.42 Å². The van der Waals surface area contributed by atoms with Crippen LogP contribution in [0, 0.1) is 0 Å². The van der Waals surface area contributed by atoms with Gasteiger partial charge in [-0.1, -0.05) is 11.8 Å². The summed E-state index contributed by atoms with van der Waals surface area (Å²) in [5.74, 6) is 1.01. The molecule has 4 heterocycles. The van der Waals surface area contributed by atoms with E-state index in [1.54, 1.807) is 9.47 Å². The third-order valence-corrected chi connectivity index (χ3v) is 7.83. The van der Waals surface area contributed by atoms with Crippen molar-refractivity contribution in [1.29, 1.82) is 0 Å². The fourth-order valence-corrected chi connectivity index (χ4v) is 6.36. The average Bonchev–Trinajstić information content (AvgIpc) is 3.21. The van der Waals surface area contributed by atoms with Crippen molar-refractivity contribution in [3.63, 3.8) is 0 Å². The van der Waals surface area contributed by atoms with Gasteiger partial charge in [0.2, 0.25) is 0 Å². The summed E-state index contributed by atoms with van der Waals surface area (Å²) in [6.07, 6.45) is 2.06. The zero-order valence-corrected chi connectivity index (χ0v) is 15.4. The van der Waals surface area contributed by atoms with Gasteiger partial charge in [-0.25, -0.2) is 13.4 Å². The lowest BCUT2D eigenvalue weighted by Gasteiger charge is -2.37. The number of carbonyl (C=O) groups is 1. The average molecular weight is 384 g/mol. The lowest BCUT2D eigenvalue weighted by molar-refractivity contribution is 0.0584. The number of aromatic nitrogens is 2. The second-order valence-corrected chi connectivity index (χ2v) is 9.94. The van der Waals surface area contributed by atoms with Gasteiger partial charge in [0.05, 0.1) is 11.5 Å². The van der Waals surface area contributed by atoms with E-state index in [0.717, 1.165) is 5.75 Å². The molecule has 0 N–H and O–H groups in total. The number of fused-ring (bicyclic) bond motifs is 1. The van der Waals surface area contributed by atoms with Crippen LogP contribution in [0.25, 0.3) is 0 Å². The van der Waals surface area contributed by atoms with Crippen LogP contribution >= 0.6 is 11.8 Å². The van der Waals surface area contributed by atoms with E-state index in [9.17, 15) is 18.0 Å². The molecule has 1 atom stereocenters. The molecular formula is C15H20N4O4S2. The number of hydrogen-bond donors (Lipinski definition) is 0. The normalized spacial score (nSPS) is 25.9. The smallest absolute Gasteiger partial charge is 0.267 e. The molecule has 0 bridgehead atoms. The Morgan fingerprint density at radius 2 is 1.96 bits per heavy atom. The summed E-state index contributed by atoms with van der Waals surface area (Å²) < 4.78 is 24.8. The van der Waals surface area contributed by atoms with Gasteiger partial charge in [0.15, 0.2) is 15.0 Å². The quantitative estimate of drug-likeness (QED) is 0.622. The second kappa shape index (κ2) is 6.40. The molecule has 0 radical (unpaired) electrons. The first-order valence-corrected chi connectivity index (χ1v) is 11.2. The molecule has 1 aromatic rings. The van der Waals surface area contributed by atoms with Crippen LogP contribution in [-0.4, -0.2) is 83.2 Å². The van der Waals surface area contributed by atoms with E-state index in [0.29, 0.717) is 44.3 Å². The lowest BCUT2D eigenvalue weighted by atomic mass is 10.1. The van der Waals surface area contributed by atoms with Gasteiger partial charge >= 0.3 is 0 Å². The lowest BCUT2D eigenvalue weighted by Crippen LogP contribution is -2.53. The second-order valence-electron chi connectivity index (χ2n) is 6.64. The van der Waals surface area contributed by atoms with E-state index < -0.39 is 9.84 Å². The number of carbonyl (C=O) groups excluding carboxylic acids is 1. The van der Waals surface area contributed by atoms with Gasteiger partial charge in [0.1, 0.15) is 5.56 Å². The first kappa shape index (κ1) is 17.0. The van der Waals surface area contributed by atoms with Crippen LogP contribution in [-0.2, 0) is 16.4 Å². The number of piperazine rings is 1. The molecule has 136 valence electrons. The maximum atomic E-state index is 12.7. The van der Waals surface area contributed by atoms with Crippen LogP contribution < -0.4 is 5.56 Å². The Kier molecular flexibility index (Phi) is 4.37. The van der Waals surface area contributed by atoms with Crippen LogP contribution in [0.1, 0.15) is 16.8 Å². The third kappa shape index (κ3) is 3.22. The van der Waals surface area contributed by atoms with E-state index in [2.05, 4.69) is 9.88 Å². The standard InChI is InChI=1S/C15H20N4O4S2/c20-13(12-9-16-15-19(14(12)21)6-7-24-15)18-4-2-17(3-5-18)11-1-8-25(22,23)10-11/h9,11H,1-8,10H2/t11-/m1/s1. The van der Waals surface area contributed by atoms with E-state index >= 15 is 0 Å². The zero-order chi connectivity index (χ0) is 17.6. The predicted molar refractivity (Wildman–Crippen MR) is 93.8 cm³/mol. The van der Waals surface area contributed by atoms with Crippen LogP contribution in [0.4, 0.5) is 0 Å². The zero-order valence-electron chi connectivity index (χ0n) is 13.8. The Labute approximate surface area is 150 Å². The summed E-state index contributed by atoms with van der Waals surface area (Å²) in [4.78, 5) is 33.2. The molecule has 0 unspecified atom stereocenters. The Morgan fingerprint density at radius 3 is 2.64 bits per heavy atom. The number of thioether (sulfide) groups is 1. The highest BCUT2D eigenvalue weighted by Crippen LogP contribution is 2.22. The third-order valence-electron chi connectivity index (χ3n) is 5.11. The molecule has 0 saturated carbocycles. The largest absolute Gasteiger partial charge is 0.336 e. The van der Waals surface area contributed by atoms with Crippen molar-refractivity contribution < 1.29 is 13.2 Å². The van der Waals surface area contributed by atoms with E-state index in [4.69, 9.17) is 0 Å². The molecule has 1 amide bonds. The highest BCUT2D eigenvalue weighted by molar-refractivity contribution is 7.99. The Morgan fingerprint density at radius 1 is 1.20 bits per heavy atom. The van der Waals surface area contributed by atoms with Crippen molar-refractivity contribution in [1.82, 2.24) is 19.4 Å². The number of sulfone groups is 1. The van der Waals surface area contributed by atoms with E-state index in [-0.39, 0.29) is 34.6 Å². The highest BCUT2D eigenvalue weighted by Gasteiger charge is 2.35. The van der Waals surface area contributed by atoms with Crippen LogP contribution in [0.2, 0.25) is 0 Å². The van der Waals surface area contributed by atoms with Crippen molar-refractivity contribution in [3.05, 3.63) is 22.1 Å². The number of amides is 1. The minimum absolute atomic E-state index is 0.0616. The molecule has 25 heavy (non-hydrogen) atoms. The van der Waals surface area contributed by atoms with Crippen molar-refractivity contribution in [2.45, 2.75) is 24.2 Å². The molecular weight excluding hydrogens is 364 g/mol. The molecule has 0 spiro atoms. The Hall–Kier alpha value is -1.39. The van der Waals surface area contributed by atoms with Crippen LogP contribution in [0.15, 0.2) is 16.1 Å². The van der Waals surface area contributed by atoms with Gasteiger partial charge in [-0.3, -0.25) is 19.1 Å². The topological polar surface area (TPSA) is 92.6 Å². The van der Waals surface area contributed by atoms with E-state index in [1.165, 1.54) is 18.0 Å². The fourth-order valence-electron chi connectivity index (χ4n) is 3.69. The Balaban J connectivity index is 1.43. The number of nitrogens with zero attached hydrogens (tertiary/aromatic N) is 4. The minimum Gasteiger partial charge on any atom is -0.336 e. The van der Waals surface area contributed by atoms with Crippen LogP contribution in [0.3, 0.4) is 0 Å². The summed E-state index contributed by atoms with van der Waals surface area (Å²) in [6.45, 7) is 2.89. The predicted octanol–water partition coefficient (Wildman–Crippen LogP) is -0.706. The molecule has 0 aliphatic carbocycles. The van der Waals surface area contributed by atoms with Gasteiger partial charge in [-0.15, -0.1) is 0 Å². The maximum absolute atomic E-state index is 12.7. The molecule has 1 aromatic heterocycles. The van der Waals surface area contributed by atoms with Crippen molar-refractivity contribution in [2.75, 3.05) is 43.4 Å². The molecule has 0 aromatic carbocycles. The molecule has 2 fully saturated rings. The highest BCUT2D eigenvalue weighted by atomic mass is 32.2. The molecule has 4 rings (SSSR count). The minimum atomic E-state index is -2.91. The Bertz CT molecular complexity index is 859. The molecule has 3 aliphatic heterocycles. The number of rotatable bonds is 2. The van der Waals surface area contributed by atoms with Gasteiger partial charge in [0.25, 0.3) is 11.5 Å². The van der Waals surface area contributed by atoms with E-state index in [1.807, 2.05) is 0 Å². The first-order chi connectivity index (χ1) is 11.9. The van der Waals surface area contributed by atoms with Crippen molar-refractivity contribution >= 4 is 27.5 Å². The van der Waals surface area contributed by atoms with Crippen molar-refractivity contribution in [3.8, 4) is 0 Å². The summed E-state index contributed by atoms with van der Waals surface area (Å²) in [7, 11) is -2.91. The molecule has 3 aliphatic rings. The van der Waals surface area contributed by atoms with Crippen LogP contribution in [0.5, 0.6) is 0 Å². The fraction of sp³-hybridized carbons (Fsp3) is 0.667. The SMILES string of the molecule is O=C(c1cnc2n(c1=O)CCS2)N1CCN([C@@H]2CCS(=O)(=O)C2)CC1. The van der Waals surface area contributed by atoms with Crippen molar-refractivity contribution in [2.24, 2.45) is 0 Å². The summed E-state index contributed by atoms with van der Waals surface area (Å²) in [6, 6.07) is 0.0616. The summed E-state index contributed by atoms with van der Waals surface area (Å²) >= 11 is 1.52. The van der Waals surface area contributed by atoms with Gasteiger partial charge < -0.3 is 4.90 Å². The molecule has 10 heteroatoms. The number of hydrogen-bond acceptors (Lipinski definition) is 7. The van der Waals surface area contributed by atoms with Gasteiger partial charge in [-0.2, -0.15) is 0 Å². The van der Waals surface area contributed by atoms with Gasteiger partial charge in [0, 0.05) is 50.7 Å². The summed E-state index contributed by atoms with van der Waals surface area (Å²) in [5.41, 5.74) is -0.132.